The van der Waals surface area contributed by atoms with E-state index in [9.17, 15) is 4.79 Å². The molecule has 0 saturated heterocycles. The Balaban J connectivity index is 2.45. The predicted molar refractivity (Wildman–Crippen MR) is 65.9 cm³/mol. The maximum atomic E-state index is 11.2. The summed E-state index contributed by atoms with van der Waals surface area (Å²) in [6.07, 6.45) is 0. The van der Waals surface area contributed by atoms with Crippen molar-refractivity contribution in [3.8, 4) is 0 Å². The van der Waals surface area contributed by atoms with Crippen LogP contribution in [0.2, 0.25) is 0 Å². The zero-order chi connectivity index (χ0) is 12.0. The van der Waals surface area contributed by atoms with Crippen molar-refractivity contribution >= 4 is 5.82 Å². The van der Waals surface area contributed by atoms with E-state index in [-0.39, 0.29) is 5.56 Å². The van der Waals surface area contributed by atoms with Crippen LogP contribution in [0.4, 0.5) is 5.82 Å². The van der Waals surface area contributed by atoms with Crippen LogP contribution in [0.1, 0.15) is 19.7 Å². The number of likely N-dealkylation sites (N-methyl/N-ethyl adjacent to an activating group) is 1. The fourth-order valence-corrected chi connectivity index (χ4v) is 1.55. The van der Waals surface area contributed by atoms with Crippen LogP contribution in [-0.4, -0.2) is 41.0 Å². The molecular weight excluding hydrogens is 204 g/mol. The second-order valence-corrected chi connectivity index (χ2v) is 3.67. The zero-order valence-corrected chi connectivity index (χ0v) is 10.2. The highest BCUT2D eigenvalue weighted by Gasteiger charge is 2.00. The molecule has 0 saturated carbocycles. The molecule has 2 N–H and O–H groups in total. The third-order valence-electron chi connectivity index (χ3n) is 2.49. The molecule has 16 heavy (non-hydrogen) atoms. The van der Waals surface area contributed by atoms with Crippen molar-refractivity contribution in [2.45, 2.75) is 20.8 Å². The lowest BCUT2D eigenvalue weighted by Crippen LogP contribution is -2.29. The fraction of sp³-hybridized carbons (Fsp3) is 0.636. The number of rotatable bonds is 6. The van der Waals surface area contributed by atoms with Crippen molar-refractivity contribution in [2.24, 2.45) is 0 Å². The van der Waals surface area contributed by atoms with E-state index in [1.807, 2.05) is 0 Å². The topological polar surface area (TPSA) is 61.0 Å². The number of nitrogens with one attached hydrogen (secondary N) is 2. The molecule has 90 valence electrons. The lowest BCUT2D eigenvalue weighted by atomic mass is 10.4. The number of anilines is 1. The highest BCUT2D eigenvalue weighted by atomic mass is 16.1. The zero-order valence-electron chi connectivity index (χ0n) is 10.2. The van der Waals surface area contributed by atoms with Crippen LogP contribution in [0, 0.1) is 6.92 Å². The van der Waals surface area contributed by atoms with Crippen LogP contribution >= 0.6 is 0 Å². The normalized spacial score (nSPS) is 10.8. The van der Waals surface area contributed by atoms with Gasteiger partial charge in [0.1, 0.15) is 11.6 Å². The van der Waals surface area contributed by atoms with Gasteiger partial charge in [-0.05, 0) is 20.0 Å². The third kappa shape index (κ3) is 4.02. The molecule has 0 atom stereocenters. The molecule has 0 fully saturated rings. The Labute approximate surface area is 95.9 Å². The molecule has 0 spiro atoms. The van der Waals surface area contributed by atoms with Gasteiger partial charge < -0.3 is 15.2 Å². The number of nitrogens with zero attached hydrogens (tertiary/aromatic N) is 2. The summed E-state index contributed by atoms with van der Waals surface area (Å²) in [7, 11) is 0. The first kappa shape index (κ1) is 12.7. The number of aromatic nitrogens is 2. The second kappa shape index (κ2) is 6.27. The van der Waals surface area contributed by atoms with Crippen LogP contribution in [0.15, 0.2) is 10.9 Å². The molecule has 1 aromatic rings. The number of hydrogen-bond acceptors (Lipinski definition) is 4. The molecule has 1 aromatic heterocycles. The monoisotopic (exact) mass is 224 g/mol. The van der Waals surface area contributed by atoms with E-state index in [0.29, 0.717) is 11.6 Å². The molecule has 1 heterocycles. The summed E-state index contributed by atoms with van der Waals surface area (Å²) in [5.41, 5.74) is -0.113. The third-order valence-corrected chi connectivity index (χ3v) is 2.49. The van der Waals surface area contributed by atoms with Crippen LogP contribution < -0.4 is 10.9 Å². The molecule has 0 aliphatic heterocycles. The number of aryl methyl sites for hydroxylation is 1. The Hall–Kier alpha value is -1.36. The molecule has 0 unspecified atom stereocenters. The summed E-state index contributed by atoms with van der Waals surface area (Å²) in [6.45, 7) is 9.90. The van der Waals surface area contributed by atoms with Gasteiger partial charge in [-0.25, -0.2) is 4.98 Å². The molecule has 1 rings (SSSR count). The summed E-state index contributed by atoms with van der Waals surface area (Å²) >= 11 is 0. The Morgan fingerprint density at radius 2 is 2.12 bits per heavy atom. The number of H-pyrrole nitrogens is 1. The average Bonchev–Trinajstić information content (AvgIpc) is 2.23. The van der Waals surface area contributed by atoms with Crippen LogP contribution in [0.3, 0.4) is 0 Å². The quantitative estimate of drug-likeness (QED) is 0.751. The van der Waals surface area contributed by atoms with E-state index < -0.39 is 0 Å². The van der Waals surface area contributed by atoms with Gasteiger partial charge in [0, 0.05) is 19.2 Å². The van der Waals surface area contributed by atoms with Crippen molar-refractivity contribution in [3.63, 3.8) is 0 Å². The maximum Gasteiger partial charge on any atom is 0.252 e. The first-order valence-electron chi connectivity index (χ1n) is 5.70. The molecule has 0 aliphatic rings. The van der Waals surface area contributed by atoms with Crippen LogP contribution in [-0.2, 0) is 0 Å². The van der Waals surface area contributed by atoms with Crippen molar-refractivity contribution in [1.29, 1.82) is 0 Å². The van der Waals surface area contributed by atoms with Gasteiger partial charge in [-0.1, -0.05) is 13.8 Å². The summed E-state index contributed by atoms with van der Waals surface area (Å²) < 4.78 is 0. The first-order chi connectivity index (χ1) is 7.65. The summed E-state index contributed by atoms with van der Waals surface area (Å²) in [4.78, 5) is 20.3. The highest BCUT2D eigenvalue weighted by Crippen LogP contribution is 1.97. The van der Waals surface area contributed by atoms with Gasteiger partial charge in [0.05, 0.1) is 0 Å². The first-order valence-corrected chi connectivity index (χ1v) is 5.70. The second-order valence-electron chi connectivity index (χ2n) is 3.67. The molecule has 0 amide bonds. The van der Waals surface area contributed by atoms with E-state index in [2.05, 4.69) is 34.0 Å². The predicted octanol–water partition coefficient (Wildman–Crippen LogP) is 0.832. The number of hydrogen-bond donors (Lipinski definition) is 2. The Morgan fingerprint density at radius 1 is 1.44 bits per heavy atom. The molecule has 0 radical (unpaired) electrons. The maximum absolute atomic E-state index is 11.2. The van der Waals surface area contributed by atoms with Gasteiger partial charge in [-0.2, -0.15) is 0 Å². The molecule has 5 heteroatoms. The van der Waals surface area contributed by atoms with E-state index in [4.69, 9.17) is 0 Å². The highest BCUT2D eigenvalue weighted by molar-refractivity contribution is 5.32. The Bertz CT molecular complexity index is 370. The van der Waals surface area contributed by atoms with Gasteiger partial charge in [0.25, 0.3) is 5.56 Å². The lowest BCUT2D eigenvalue weighted by Gasteiger charge is -2.18. The van der Waals surface area contributed by atoms with E-state index in [1.165, 1.54) is 6.07 Å². The summed E-state index contributed by atoms with van der Waals surface area (Å²) in [5.74, 6) is 1.28. The Kier molecular flexibility index (Phi) is 4.98. The van der Waals surface area contributed by atoms with E-state index in [0.717, 1.165) is 26.2 Å². The van der Waals surface area contributed by atoms with Gasteiger partial charge in [-0.3, -0.25) is 4.79 Å². The van der Waals surface area contributed by atoms with Gasteiger partial charge >= 0.3 is 0 Å². The molecule has 0 bridgehead atoms. The Morgan fingerprint density at radius 3 is 2.69 bits per heavy atom. The minimum absolute atomic E-state index is 0.113. The van der Waals surface area contributed by atoms with Gasteiger partial charge in [-0.15, -0.1) is 0 Å². The molecule has 0 aromatic carbocycles. The van der Waals surface area contributed by atoms with E-state index in [1.54, 1.807) is 6.92 Å². The van der Waals surface area contributed by atoms with Crippen molar-refractivity contribution in [2.75, 3.05) is 31.5 Å². The van der Waals surface area contributed by atoms with Crippen LogP contribution in [0.5, 0.6) is 0 Å². The van der Waals surface area contributed by atoms with Gasteiger partial charge in [0.2, 0.25) is 0 Å². The SMILES string of the molecule is CCN(CC)CCNc1cc(=O)[nH]c(C)n1. The largest absolute Gasteiger partial charge is 0.369 e. The van der Waals surface area contributed by atoms with Crippen molar-refractivity contribution in [1.82, 2.24) is 14.9 Å². The van der Waals surface area contributed by atoms with E-state index >= 15 is 0 Å². The fourth-order valence-electron chi connectivity index (χ4n) is 1.55. The number of aromatic amines is 1. The molecule has 5 nitrogen and oxygen atoms in total. The van der Waals surface area contributed by atoms with Gasteiger partial charge in [0.15, 0.2) is 0 Å². The standard InChI is InChI=1S/C11H20N4O/c1-4-15(5-2)7-6-12-10-8-11(16)14-9(3)13-10/h8H,4-7H2,1-3H3,(H2,12,13,14,16). The lowest BCUT2D eigenvalue weighted by molar-refractivity contribution is 0.316. The minimum atomic E-state index is -0.113. The van der Waals surface area contributed by atoms with Crippen molar-refractivity contribution < 1.29 is 0 Å². The molecule has 0 aliphatic carbocycles. The smallest absolute Gasteiger partial charge is 0.252 e. The van der Waals surface area contributed by atoms with Crippen LogP contribution in [0.25, 0.3) is 0 Å². The summed E-state index contributed by atoms with van der Waals surface area (Å²) in [6, 6.07) is 1.48. The van der Waals surface area contributed by atoms with Crippen molar-refractivity contribution in [3.05, 3.63) is 22.2 Å². The summed E-state index contributed by atoms with van der Waals surface area (Å²) in [5, 5.41) is 3.15. The minimum Gasteiger partial charge on any atom is -0.369 e. The molecular formula is C11H20N4O. The average molecular weight is 224 g/mol.